The van der Waals surface area contributed by atoms with Gasteiger partial charge in [-0.3, -0.25) is 4.79 Å². The Balaban J connectivity index is 2.08. The van der Waals surface area contributed by atoms with Crippen LogP contribution in [0.2, 0.25) is 5.02 Å². The summed E-state index contributed by atoms with van der Waals surface area (Å²) in [6.07, 6.45) is 4.16. The predicted molar refractivity (Wildman–Crippen MR) is 67.3 cm³/mol. The molecule has 0 fully saturated rings. The lowest BCUT2D eigenvalue weighted by Crippen LogP contribution is -2.06. The normalized spacial score (nSPS) is 10.6. The van der Waals surface area contributed by atoms with Crippen LogP contribution in [-0.2, 0) is 13.5 Å². The summed E-state index contributed by atoms with van der Waals surface area (Å²) in [6.45, 7) is 0. The zero-order valence-electron chi connectivity index (χ0n) is 9.86. The molecule has 0 saturated carbocycles. The van der Waals surface area contributed by atoms with Crippen molar-refractivity contribution in [2.24, 2.45) is 7.05 Å². The van der Waals surface area contributed by atoms with Crippen LogP contribution < -0.4 is 0 Å². The third kappa shape index (κ3) is 2.76. The van der Waals surface area contributed by atoms with Crippen LogP contribution in [0, 0.1) is 5.82 Å². The van der Waals surface area contributed by atoms with Gasteiger partial charge < -0.3 is 4.57 Å². The van der Waals surface area contributed by atoms with E-state index in [9.17, 15) is 9.18 Å². The van der Waals surface area contributed by atoms with Crippen molar-refractivity contribution < 1.29 is 9.18 Å². The molecule has 0 aliphatic rings. The zero-order chi connectivity index (χ0) is 13.1. The van der Waals surface area contributed by atoms with E-state index in [-0.39, 0.29) is 17.8 Å². The van der Waals surface area contributed by atoms with Crippen molar-refractivity contribution in [2.75, 3.05) is 0 Å². The standard InChI is InChI=1S/C13H12ClFN2O/c1-17-7-6-16-13(17)5-4-12(18)10-8-9(14)2-3-11(10)15/h2-3,6-8H,4-5H2,1H3. The van der Waals surface area contributed by atoms with Crippen molar-refractivity contribution >= 4 is 17.4 Å². The Morgan fingerprint density at radius 1 is 1.50 bits per heavy atom. The number of rotatable bonds is 4. The molecule has 0 saturated heterocycles. The molecule has 0 N–H and O–H groups in total. The highest BCUT2D eigenvalue weighted by atomic mass is 35.5. The first-order chi connectivity index (χ1) is 8.58. The highest BCUT2D eigenvalue weighted by molar-refractivity contribution is 6.31. The number of ketones is 1. The van der Waals surface area contributed by atoms with Crippen molar-refractivity contribution in [1.29, 1.82) is 0 Å². The third-order valence-corrected chi connectivity index (χ3v) is 2.96. The fourth-order valence-electron chi connectivity index (χ4n) is 1.71. The summed E-state index contributed by atoms with van der Waals surface area (Å²) in [7, 11) is 1.85. The Kier molecular flexibility index (Phi) is 3.77. The minimum Gasteiger partial charge on any atom is -0.338 e. The molecule has 0 atom stereocenters. The maximum Gasteiger partial charge on any atom is 0.166 e. The number of aryl methyl sites for hydroxylation is 2. The van der Waals surface area contributed by atoms with Crippen molar-refractivity contribution in [2.45, 2.75) is 12.8 Å². The molecule has 1 aromatic heterocycles. The van der Waals surface area contributed by atoms with Gasteiger partial charge in [-0.25, -0.2) is 9.37 Å². The number of nitrogens with zero attached hydrogens (tertiary/aromatic N) is 2. The highest BCUT2D eigenvalue weighted by Gasteiger charge is 2.13. The van der Waals surface area contributed by atoms with Gasteiger partial charge in [0.1, 0.15) is 11.6 Å². The number of benzene rings is 1. The summed E-state index contributed by atoms with van der Waals surface area (Å²) in [5.74, 6) is -0.00646. The number of Topliss-reactive ketones (excluding diaryl/α,β-unsaturated/α-hetero) is 1. The molecule has 0 aliphatic carbocycles. The second-order valence-corrected chi connectivity index (χ2v) is 4.44. The first-order valence-electron chi connectivity index (χ1n) is 5.52. The van der Waals surface area contributed by atoms with Gasteiger partial charge in [-0.05, 0) is 18.2 Å². The number of aromatic nitrogens is 2. The van der Waals surface area contributed by atoms with Crippen LogP contribution in [0.4, 0.5) is 4.39 Å². The summed E-state index contributed by atoms with van der Waals surface area (Å²) >= 11 is 5.75. The lowest BCUT2D eigenvalue weighted by Gasteiger charge is -2.04. The zero-order valence-corrected chi connectivity index (χ0v) is 10.6. The molecule has 94 valence electrons. The van der Waals surface area contributed by atoms with Gasteiger partial charge in [0.05, 0.1) is 5.56 Å². The van der Waals surface area contributed by atoms with E-state index in [1.165, 1.54) is 18.2 Å². The van der Waals surface area contributed by atoms with Gasteiger partial charge in [-0.1, -0.05) is 11.6 Å². The summed E-state index contributed by atoms with van der Waals surface area (Å²) in [6, 6.07) is 3.99. The van der Waals surface area contributed by atoms with Gasteiger partial charge in [0.15, 0.2) is 5.78 Å². The lowest BCUT2D eigenvalue weighted by molar-refractivity contribution is 0.0978. The number of hydrogen-bond acceptors (Lipinski definition) is 2. The summed E-state index contributed by atoms with van der Waals surface area (Å²) in [4.78, 5) is 16.0. The lowest BCUT2D eigenvalue weighted by atomic mass is 10.1. The van der Waals surface area contributed by atoms with Crippen LogP contribution in [0.3, 0.4) is 0 Å². The number of imidazole rings is 1. The van der Waals surface area contributed by atoms with Gasteiger partial charge in [0, 0.05) is 37.3 Å². The van der Waals surface area contributed by atoms with Gasteiger partial charge in [0.25, 0.3) is 0 Å². The minimum absolute atomic E-state index is 0.0386. The average molecular weight is 267 g/mol. The molecule has 2 aromatic rings. The van der Waals surface area contributed by atoms with Gasteiger partial charge >= 0.3 is 0 Å². The van der Waals surface area contributed by atoms with E-state index in [1.807, 2.05) is 11.6 Å². The summed E-state index contributed by atoms with van der Waals surface area (Å²) in [5, 5.41) is 0.358. The van der Waals surface area contributed by atoms with Crippen molar-refractivity contribution in [3.63, 3.8) is 0 Å². The van der Waals surface area contributed by atoms with Crippen LogP contribution in [0.1, 0.15) is 22.6 Å². The maximum absolute atomic E-state index is 13.5. The number of halogens is 2. The topological polar surface area (TPSA) is 34.9 Å². The van der Waals surface area contributed by atoms with Gasteiger partial charge in [-0.2, -0.15) is 0 Å². The Morgan fingerprint density at radius 2 is 2.28 bits per heavy atom. The number of carbonyl (C=O) groups excluding carboxylic acids is 1. The second kappa shape index (κ2) is 5.31. The Labute approximate surface area is 109 Å². The Bertz CT molecular complexity index is 580. The quantitative estimate of drug-likeness (QED) is 0.798. The van der Waals surface area contributed by atoms with Crippen LogP contribution in [0.15, 0.2) is 30.6 Å². The van der Waals surface area contributed by atoms with E-state index in [0.717, 1.165) is 5.82 Å². The molecule has 3 nitrogen and oxygen atoms in total. The first-order valence-corrected chi connectivity index (χ1v) is 5.90. The summed E-state index contributed by atoms with van der Waals surface area (Å²) < 4.78 is 15.3. The molecule has 1 heterocycles. The van der Waals surface area contributed by atoms with Gasteiger partial charge in [-0.15, -0.1) is 0 Å². The van der Waals surface area contributed by atoms with E-state index >= 15 is 0 Å². The molecule has 0 unspecified atom stereocenters. The molecule has 1 aromatic carbocycles. The highest BCUT2D eigenvalue weighted by Crippen LogP contribution is 2.17. The fraction of sp³-hybridized carbons (Fsp3) is 0.231. The van der Waals surface area contributed by atoms with Crippen LogP contribution >= 0.6 is 11.6 Å². The molecule has 2 rings (SSSR count). The van der Waals surface area contributed by atoms with Crippen molar-refractivity contribution in [3.05, 3.63) is 52.8 Å². The van der Waals surface area contributed by atoms with Crippen molar-refractivity contribution in [3.8, 4) is 0 Å². The second-order valence-electron chi connectivity index (χ2n) is 4.00. The maximum atomic E-state index is 13.5. The monoisotopic (exact) mass is 266 g/mol. The summed E-state index contributed by atoms with van der Waals surface area (Å²) in [5.41, 5.74) is 0.0386. The molecule has 0 amide bonds. The molecule has 0 spiro atoms. The molecular weight excluding hydrogens is 255 g/mol. The van der Waals surface area contributed by atoms with Crippen LogP contribution in [0.5, 0.6) is 0 Å². The largest absolute Gasteiger partial charge is 0.338 e. The molecular formula is C13H12ClFN2O. The third-order valence-electron chi connectivity index (χ3n) is 2.73. The number of carbonyl (C=O) groups is 1. The predicted octanol–water partition coefficient (Wildman–Crippen LogP) is 3.03. The van der Waals surface area contributed by atoms with Gasteiger partial charge in [0.2, 0.25) is 0 Å². The molecule has 0 aliphatic heterocycles. The minimum atomic E-state index is -0.538. The first kappa shape index (κ1) is 12.8. The van der Waals surface area contributed by atoms with E-state index in [4.69, 9.17) is 11.6 Å². The van der Waals surface area contributed by atoms with E-state index < -0.39 is 5.82 Å². The van der Waals surface area contributed by atoms with Crippen LogP contribution in [-0.4, -0.2) is 15.3 Å². The fourth-order valence-corrected chi connectivity index (χ4v) is 1.88. The van der Waals surface area contributed by atoms with Crippen LogP contribution in [0.25, 0.3) is 0 Å². The van der Waals surface area contributed by atoms with Crippen molar-refractivity contribution in [1.82, 2.24) is 9.55 Å². The number of hydrogen-bond donors (Lipinski definition) is 0. The Hall–Kier alpha value is -1.68. The van der Waals surface area contributed by atoms with E-state index in [2.05, 4.69) is 4.98 Å². The van der Waals surface area contributed by atoms with E-state index in [1.54, 1.807) is 12.4 Å². The molecule has 5 heteroatoms. The smallest absolute Gasteiger partial charge is 0.166 e. The molecule has 0 bridgehead atoms. The Morgan fingerprint density at radius 3 is 2.94 bits per heavy atom. The average Bonchev–Trinajstić information content (AvgIpc) is 2.75. The SMILES string of the molecule is Cn1ccnc1CCC(=O)c1cc(Cl)ccc1F. The van der Waals surface area contributed by atoms with E-state index in [0.29, 0.717) is 11.4 Å². The molecule has 0 radical (unpaired) electrons. The molecule has 18 heavy (non-hydrogen) atoms.